The van der Waals surface area contributed by atoms with Gasteiger partial charge in [-0.2, -0.15) is 0 Å². The Kier molecular flexibility index (Phi) is 9.78. The molecule has 4 nitrogen and oxygen atoms in total. The number of rotatable bonds is 9. The fraction of sp³-hybridized carbons (Fsp3) is 0.750. The average Bonchev–Trinajstić information content (AvgIpc) is 2.26. The van der Waals surface area contributed by atoms with E-state index in [4.69, 9.17) is 15.9 Å². The van der Waals surface area contributed by atoms with Gasteiger partial charge in [-0.15, -0.1) is 12.3 Å². The normalized spacial score (nSPS) is 10.1. The molecule has 0 aliphatic carbocycles. The van der Waals surface area contributed by atoms with Gasteiger partial charge < -0.3 is 14.8 Å². The minimum Gasteiger partial charge on any atom is -0.378 e. The molecule has 0 aromatic heterocycles. The van der Waals surface area contributed by atoms with Crippen LogP contribution in [0.5, 0.6) is 0 Å². The third-order valence-electron chi connectivity index (χ3n) is 1.83. The van der Waals surface area contributed by atoms with Gasteiger partial charge >= 0.3 is 0 Å². The molecule has 16 heavy (non-hydrogen) atoms. The van der Waals surface area contributed by atoms with Gasteiger partial charge in [-0.3, -0.25) is 4.79 Å². The largest absolute Gasteiger partial charge is 0.378 e. The number of carbonyl (C=O) groups excluding carboxylic acids is 1. The Morgan fingerprint density at radius 2 is 1.88 bits per heavy atom. The lowest BCUT2D eigenvalue weighted by atomic mass is 10.2. The molecule has 0 saturated heterocycles. The second-order valence-electron chi connectivity index (χ2n) is 3.62. The molecule has 0 aromatic carbocycles. The second-order valence-corrected chi connectivity index (χ2v) is 3.62. The monoisotopic (exact) mass is 227 g/mol. The van der Waals surface area contributed by atoms with Crippen molar-refractivity contribution in [2.45, 2.75) is 20.3 Å². The molecule has 0 heterocycles. The molecular formula is C12H21NO3. The van der Waals surface area contributed by atoms with Crippen molar-refractivity contribution in [2.24, 2.45) is 5.92 Å². The summed E-state index contributed by atoms with van der Waals surface area (Å²) in [4.78, 5) is 11.1. The highest BCUT2D eigenvalue weighted by Gasteiger charge is 2.04. The van der Waals surface area contributed by atoms with Crippen LogP contribution in [0.1, 0.15) is 20.3 Å². The maximum absolute atomic E-state index is 11.1. The Labute approximate surface area is 97.7 Å². The lowest BCUT2D eigenvalue weighted by Crippen LogP contribution is -2.31. The van der Waals surface area contributed by atoms with Crippen molar-refractivity contribution in [2.75, 3.05) is 33.0 Å². The summed E-state index contributed by atoms with van der Waals surface area (Å²) in [5.74, 6) is 2.56. The molecule has 4 heteroatoms. The van der Waals surface area contributed by atoms with Crippen LogP contribution < -0.4 is 5.32 Å². The van der Waals surface area contributed by atoms with Crippen LogP contribution in [-0.2, 0) is 14.3 Å². The van der Waals surface area contributed by atoms with Gasteiger partial charge in [-0.25, -0.2) is 0 Å². The van der Waals surface area contributed by atoms with Crippen molar-refractivity contribution in [3.63, 3.8) is 0 Å². The van der Waals surface area contributed by atoms with Gasteiger partial charge in [0.25, 0.3) is 0 Å². The summed E-state index contributed by atoms with van der Waals surface area (Å²) in [5, 5.41) is 2.76. The zero-order valence-corrected chi connectivity index (χ0v) is 10.1. The predicted molar refractivity (Wildman–Crippen MR) is 62.9 cm³/mol. The van der Waals surface area contributed by atoms with Gasteiger partial charge in [-0.1, -0.05) is 13.8 Å². The van der Waals surface area contributed by atoms with Crippen molar-refractivity contribution in [1.82, 2.24) is 5.32 Å². The van der Waals surface area contributed by atoms with E-state index in [1.165, 1.54) is 0 Å². The molecule has 0 unspecified atom stereocenters. The molecule has 1 amide bonds. The molecule has 0 bridgehead atoms. The van der Waals surface area contributed by atoms with Crippen LogP contribution in [0.4, 0.5) is 0 Å². The maximum atomic E-state index is 11.1. The molecule has 0 radical (unpaired) electrons. The second kappa shape index (κ2) is 10.5. The van der Waals surface area contributed by atoms with E-state index in [0.717, 1.165) is 0 Å². The average molecular weight is 227 g/mol. The maximum Gasteiger partial charge on any atom is 0.222 e. The SMILES string of the molecule is C#CCCOCCOCCNC(=O)C(C)C. The number of hydrogen-bond donors (Lipinski definition) is 1. The van der Waals surface area contributed by atoms with Crippen LogP contribution in [0.2, 0.25) is 0 Å². The Bertz CT molecular complexity index is 221. The molecule has 0 aromatic rings. The van der Waals surface area contributed by atoms with E-state index in [-0.39, 0.29) is 11.8 Å². The van der Waals surface area contributed by atoms with E-state index < -0.39 is 0 Å². The molecule has 0 fully saturated rings. The van der Waals surface area contributed by atoms with Crippen LogP contribution in [0.15, 0.2) is 0 Å². The third kappa shape index (κ3) is 9.50. The van der Waals surface area contributed by atoms with E-state index in [1.54, 1.807) is 0 Å². The zero-order chi connectivity index (χ0) is 12.2. The van der Waals surface area contributed by atoms with Crippen LogP contribution in [0, 0.1) is 18.3 Å². The fourth-order valence-corrected chi connectivity index (χ4v) is 0.904. The van der Waals surface area contributed by atoms with Crippen molar-refractivity contribution in [1.29, 1.82) is 0 Å². The topological polar surface area (TPSA) is 47.6 Å². The van der Waals surface area contributed by atoms with Crippen molar-refractivity contribution >= 4 is 5.91 Å². The molecule has 0 aliphatic rings. The lowest BCUT2D eigenvalue weighted by Gasteiger charge is -2.08. The molecule has 0 spiro atoms. The number of ether oxygens (including phenoxy) is 2. The van der Waals surface area contributed by atoms with Gasteiger partial charge in [0.05, 0.1) is 26.4 Å². The van der Waals surface area contributed by atoms with Gasteiger partial charge in [0.1, 0.15) is 0 Å². The van der Waals surface area contributed by atoms with Crippen LogP contribution in [-0.4, -0.2) is 38.9 Å². The highest BCUT2D eigenvalue weighted by Crippen LogP contribution is 1.89. The van der Waals surface area contributed by atoms with Gasteiger partial charge in [0, 0.05) is 18.9 Å². The number of hydrogen-bond acceptors (Lipinski definition) is 3. The minimum atomic E-state index is 0.0205. The zero-order valence-electron chi connectivity index (χ0n) is 10.1. The summed E-state index contributed by atoms with van der Waals surface area (Å²) in [7, 11) is 0. The number of carbonyl (C=O) groups is 1. The first-order valence-corrected chi connectivity index (χ1v) is 5.55. The van der Waals surface area contributed by atoms with E-state index >= 15 is 0 Å². The Morgan fingerprint density at radius 1 is 1.25 bits per heavy atom. The Hall–Kier alpha value is -1.05. The predicted octanol–water partition coefficient (Wildman–Crippen LogP) is 0.815. The third-order valence-corrected chi connectivity index (χ3v) is 1.83. The first-order valence-electron chi connectivity index (χ1n) is 5.55. The molecule has 1 N–H and O–H groups in total. The first kappa shape index (κ1) is 14.9. The fourth-order valence-electron chi connectivity index (χ4n) is 0.904. The van der Waals surface area contributed by atoms with E-state index in [0.29, 0.717) is 39.4 Å². The number of amides is 1. The van der Waals surface area contributed by atoms with Gasteiger partial charge in [-0.05, 0) is 0 Å². The first-order chi connectivity index (χ1) is 7.68. The number of nitrogens with one attached hydrogen (secondary N) is 1. The lowest BCUT2D eigenvalue weighted by molar-refractivity contribution is -0.124. The van der Waals surface area contributed by atoms with E-state index in [9.17, 15) is 4.79 Å². The van der Waals surface area contributed by atoms with Crippen molar-refractivity contribution < 1.29 is 14.3 Å². The summed E-state index contributed by atoms with van der Waals surface area (Å²) in [6, 6.07) is 0. The Balaban J connectivity index is 3.10. The molecule has 0 aliphatic heterocycles. The summed E-state index contributed by atoms with van der Waals surface area (Å²) < 4.78 is 10.4. The molecular weight excluding hydrogens is 206 g/mol. The smallest absolute Gasteiger partial charge is 0.222 e. The molecule has 0 saturated carbocycles. The summed E-state index contributed by atoms with van der Waals surface area (Å²) >= 11 is 0. The van der Waals surface area contributed by atoms with Crippen LogP contribution >= 0.6 is 0 Å². The molecule has 0 rings (SSSR count). The Morgan fingerprint density at radius 3 is 2.44 bits per heavy atom. The van der Waals surface area contributed by atoms with E-state index in [2.05, 4.69) is 11.2 Å². The number of terminal acetylenes is 1. The highest BCUT2D eigenvalue weighted by molar-refractivity contribution is 5.77. The summed E-state index contributed by atoms with van der Waals surface area (Å²) in [6.07, 6.45) is 5.69. The standard InChI is InChI=1S/C12H21NO3/c1-4-5-7-15-9-10-16-8-6-13-12(14)11(2)3/h1,11H,5-10H2,2-3H3,(H,13,14). The summed E-state index contributed by atoms with van der Waals surface area (Å²) in [5.41, 5.74) is 0. The minimum absolute atomic E-state index is 0.0205. The quantitative estimate of drug-likeness (QED) is 0.468. The van der Waals surface area contributed by atoms with E-state index in [1.807, 2.05) is 13.8 Å². The summed E-state index contributed by atoms with van der Waals surface area (Å²) in [6.45, 7) is 6.41. The highest BCUT2D eigenvalue weighted by atomic mass is 16.5. The van der Waals surface area contributed by atoms with Crippen LogP contribution in [0.3, 0.4) is 0 Å². The van der Waals surface area contributed by atoms with Crippen LogP contribution in [0.25, 0.3) is 0 Å². The van der Waals surface area contributed by atoms with Gasteiger partial charge in [0.15, 0.2) is 0 Å². The molecule has 0 atom stereocenters. The van der Waals surface area contributed by atoms with Gasteiger partial charge in [0.2, 0.25) is 5.91 Å². The van der Waals surface area contributed by atoms with Crippen molar-refractivity contribution in [3.05, 3.63) is 0 Å². The molecule has 92 valence electrons. The van der Waals surface area contributed by atoms with Crippen molar-refractivity contribution in [3.8, 4) is 12.3 Å².